The van der Waals surface area contributed by atoms with Crippen LogP contribution in [0.2, 0.25) is 0 Å². The Balaban J connectivity index is 1.72. The lowest BCUT2D eigenvalue weighted by Crippen LogP contribution is -2.29. The van der Waals surface area contributed by atoms with Crippen LogP contribution in [-0.2, 0) is 20.9 Å². The first-order chi connectivity index (χ1) is 13.5. The molecule has 0 radical (unpaired) electrons. The maximum absolute atomic E-state index is 11.8. The van der Waals surface area contributed by atoms with Crippen molar-refractivity contribution < 1.29 is 33.3 Å². The summed E-state index contributed by atoms with van der Waals surface area (Å²) in [4.78, 5) is 34.3. The first-order valence-electron chi connectivity index (χ1n) is 8.37. The molecule has 0 aromatic heterocycles. The van der Waals surface area contributed by atoms with Gasteiger partial charge in [-0.1, -0.05) is 12.1 Å². The molecular formula is C20H21NO7. The van der Waals surface area contributed by atoms with Crippen LogP contribution in [0.15, 0.2) is 42.5 Å². The molecule has 0 heterocycles. The van der Waals surface area contributed by atoms with E-state index in [4.69, 9.17) is 18.9 Å². The Morgan fingerprint density at radius 2 is 1.71 bits per heavy atom. The predicted octanol–water partition coefficient (Wildman–Crippen LogP) is 1.75. The van der Waals surface area contributed by atoms with Gasteiger partial charge >= 0.3 is 5.97 Å². The third kappa shape index (κ3) is 6.31. The number of amides is 1. The van der Waals surface area contributed by atoms with Gasteiger partial charge in [0.1, 0.15) is 12.0 Å². The molecular weight excluding hydrogens is 366 g/mol. The number of benzene rings is 2. The third-order valence-electron chi connectivity index (χ3n) is 3.68. The van der Waals surface area contributed by atoms with E-state index in [-0.39, 0.29) is 5.75 Å². The van der Waals surface area contributed by atoms with Crippen molar-refractivity contribution in [3.05, 3.63) is 53.6 Å². The molecule has 1 N–H and O–H groups in total. The molecule has 2 aromatic carbocycles. The number of hydrogen-bond acceptors (Lipinski definition) is 7. The molecule has 0 aliphatic carbocycles. The fraction of sp³-hybridized carbons (Fsp3) is 0.250. The van der Waals surface area contributed by atoms with Crippen LogP contribution in [-0.4, -0.2) is 45.6 Å². The number of aldehydes is 1. The quantitative estimate of drug-likeness (QED) is 0.490. The molecule has 0 bridgehead atoms. The van der Waals surface area contributed by atoms with Crippen LogP contribution < -0.4 is 19.5 Å². The summed E-state index contributed by atoms with van der Waals surface area (Å²) in [7, 11) is 2.99. The molecule has 8 heteroatoms. The highest BCUT2D eigenvalue weighted by molar-refractivity contribution is 5.81. The molecule has 0 aliphatic heterocycles. The number of carbonyl (C=O) groups is 3. The number of carbonyl (C=O) groups excluding carboxylic acids is 3. The van der Waals surface area contributed by atoms with Crippen LogP contribution in [0.4, 0.5) is 0 Å². The molecule has 2 rings (SSSR count). The van der Waals surface area contributed by atoms with Gasteiger partial charge in [-0.25, -0.2) is 4.79 Å². The lowest BCUT2D eigenvalue weighted by molar-refractivity contribution is -0.150. The Bertz CT molecular complexity index is 818. The van der Waals surface area contributed by atoms with E-state index in [1.54, 1.807) is 19.2 Å². The Labute approximate surface area is 162 Å². The predicted molar refractivity (Wildman–Crippen MR) is 99.7 cm³/mol. The Morgan fingerprint density at radius 3 is 2.36 bits per heavy atom. The first kappa shape index (κ1) is 20.8. The molecule has 0 atom stereocenters. The Morgan fingerprint density at radius 1 is 0.964 bits per heavy atom. The van der Waals surface area contributed by atoms with Crippen molar-refractivity contribution in [2.45, 2.75) is 6.54 Å². The molecule has 1 amide bonds. The molecule has 0 spiro atoms. The van der Waals surface area contributed by atoms with E-state index in [1.807, 2.05) is 12.1 Å². The number of methoxy groups -OCH3 is 2. The fourth-order valence-corrected chi connectivity index (χ4v) is 2.20. The molecule has 0 saturated heterocycles. The van der Waals surface area contributed by atoms with Gasteiger partial charge in [-0.15, -0.1) is 0 Å². The second-order valence-corrected chi connectivity index (χ2v) is 5.60. The van der Waals surface area contributed by atoms with Crippen molar-refractivity contribution in [3.8, 4) is 17.2 Å². The molecule has 28 heavy (non-hydrogen) atoms. The van der Waals surface area contributed by atoms with Gasteiger partial charge in [0, 0.05) is 12.1 Å². The average Bonchev–Trinajstić information content (AvgIpc) is 2.74. The maximum atomic E-state index is 11.8. The summed E-state index contributed by atoms with van der Waals surface area (Å²) >= 11 is 0. The van der Waals surface area contributed by atoms with Crippen LogP contribution in [0.3, 0.4) is 0 Å². The van der Waals surface area contributed by atoms with Gasteiger partial charge in [0.05, 0.1) is 14.2 Å². The summed E-state index contributed by atoms with van der Waals surface area (Å²) in [6, 6.07) is 11.7. The maximum Gasteiger partial charge on any atom is 0.344 e. The lowest BCUT2D eigenvalue weighted by atomic mass is 10.2. The topological polar surface area (TPSA) is 100 Å². The number of rotatable bonds is 10. The van der Waals surface area contributed by atoms with Crippen molar-refractivity contribution in [2.24, 2.45) is 0 Å². The van der Waals surface area contributed by atoms with Crippen LogP contribution in [0, 0.1) is 0 Å². The van der Waals surface area contributed by atoms with Gasteiger partial charge in [0.25, 0.3) is 5.91 Å². The van der Waals surface area contributed by atoms with Gasteiger partial charge in [0.2, 0.25) is 0 Å². The molecule has 2 aromatic rings. The molecule has 0 unspecified atom stereocenters. The summed E-state index contributed by atoms with van der Waals surface area (Å²) < 4.78 is 20.3. The van der Waals surface area contributed by atoms with E-state index in [1.165, 1.54) is 25.3 Å². The van der Waals surface area contributed by atoms with Crippen molar-refractivity contribution in [3.63, 3.8) is 0 Å². The van der Waals surface area contributed by atoms with Gasteiger partial charge in [-0.05, 0) is 35.9 Å². The Kier molecular flexibility index (Phi) is 7.83. The van der Waals surface area contributed by atoms with Crippen molar-refractivity contribution in [1.29, 1.82) is 0 Å². The van der Waals surface area contributed by atoms with E-state index < -0.39 is 25.1 Å². The van der Waals surface area contributed by atoms with Gasteiger partial charge in [-0.2, -0.15) is 0 Å². The van der Waals surface area contributed by atoms with E-state index in [9.17, 15) is 14.4 Å². The van der Waals surface area contributed by atoms with Gasteiger partial charge in [-0.3, -0.25) is 9.59 Å². The standard InChI is InChI=1S/C20H21NO7/c1-25-16-6-3-14(4-7-16)10-21-19(23)12-28-20(24)13-27-17-8-5-15(11-22)9-18(17)26-2/h3-9,11H,10,12-13H2,1-2H3,(H,21,23). The molecule has 148 valence electrons. The number of esters is 1. The molecule has 0 fully saturated rings. The summed E-state index contributed by atoms with van der Waals surface area (Å²) in [5.41, 5.74) is 1.30. The highest BCUT2D eigenvalue weighted by Crippen LogP contribution is 2.27. The summed E-state index contributed by atoms with van der Waals surface area (Å²) in [6.45, 7) is -0.515. The van der Waals surface area contributed by atoms with E-state index in [0.717, 1.165) is 11.3 Å². The second-order valence-electron chi connectivity index (χ2n) is 5.60. The summed E-state index contributed by atoms with van der Waals surface area (Å²) in [5, 5.41) is 2.65. The zero-order valence-electron chi connectivity index (χ0n) is 15.6. The van der Waals surface area contributed by atoms with E-state index in [0.29, 0.717) is 24.1 Å². The number of hydrogen-bond donors (Lipinski definition) is 1. The highest BCUT2D eigenvalue weighted by atomic mass is 16.6. The molecule has 8 nitrogen and oxygen atoms in total. The normalized spacial score (nSPS) is 9.93. The Hall–Kier alpha value is -3.55. The van der Waals surface area contributed by atoms with Gasteiger partial charge < -0.3 is 24.3 Å². The minimum Gasteiger partial charge on any atom is -0.497 e. The van der Waals surface area contributed by atoms with Crippen LogP contribution in [0.25, 0.3) is 0 Å². The SMILES string of the molecule is COc1ccc(CNC(=O)COC(=O)COc2ccc(C=O)cc2OC)cc1. The average molecular weight is 387 g/mol. The third-order valence-corrected chi connectivity index (χ3v) is 3.68. The second kappa shape index (κ2) is 10.6. The summed E-state index contributed by atoms with van der Waals surface area (Å²) in [5.74, 6) is 0.184. The monoisotopic (exact) mass is 387 g/mol. The highest BCUT2D eigenvalue weighted by Gasteiger charge is 2.11. The molecule has 0 saturated carbocycles. The fourth-order valence-electron chi connectivity index (χ4n) is 2.20. The zero-order valence-corrected chi connectivity index (χ0v) is 15.6. The van der Waals surface area contributed by atoms with Crippen LogP contribution in [0.1, 0.15) is 15.9 Å². The van der Waals surface area contributed by atoms with E-state index in [2.05, 4.69) is 5.32 Å². The smallest absolute Gasteiger partial charge is 0.344 e. The van der Waals surface area contributed by atoms with Gasteiger partial charge in [0.15, 0.2) is 24.7 Å². The number of ether oxygens (including phenoxy) is 4. The summed E-state index contributed by atoms with van der Waals surface area (Å²) in [6.07, 6.45) is 0.672. The van der Waals surface area contributed by atoms with Crippen molar-refractivity contribution in [1.82, 2.24) is 5.32 Å². The zero-order chi connectivity index (χ0) is 20.4. The largest absolute Gasteiger partial charge is 0.497 e. The van der Waals surface area contributed by atoms with Crippen LogP contribution >= 0.6 is 0 Å². The minimum absolute atomic E-state index is 0.286. The van der Waals surface area contributed by atoms with E-state index >= 15 is 0 Å². The lowest BCUT2D eigenvalue weighted by Gasteiger charge is -2.11. The number of nitrogens with one attached hydrogen (secondary N) is 1. The first-order valence-corrected chi connectivity index (χ1v) is 8.37. The van der Waals surface area contributed by atoms with Crippen LogP contribution in [0.5, 0.6) is 17.2 Å². The minimum atomic E-state index is -0.707. The van der Waals surface area contributed by atoms with Crippen molar-refractivity contribution in [2.75, 3.05) is 27.4 Å². The van der Waals surface area contributed by atoms with Crippen molar-refractivity contribution >= 4 is 18.2 Å². The molecule has 0 aliphatic rings.